The third-order valence-corrected chi connectivity index (χ3v) is 4.86. The van der Waals surface area contributed by atoms with Crippen LogP contribution in [-0.4, -0.2) is 33.3 Å². The van der Waals surface area contributed by atoms with E-state index >= 15 is 0 Å². The summed E-state index contributed by atoms with van der Waals surface area (Å²) >= 11 is 1.68. The highest BCUT2D eigenvalue weighted by atomic mass is 127. The molecular formula is C21H26FIN6S. The highest BCUT2D eigenvalue weighted by Gasteiger charge is 2.06. The first-order valence-electron chi connectivity index (χ1n) is 9.41. The van der Waals surface area contributed by atoms with Crippen molar-refractivity contribution in [2.45, 2.75) is 25.8 Å². The SMILES string of the molecule is CCNC(=NCc1ccc(-n2ccnc2)nc1)NCc1ccc(F)cc1CSC.I. The maximum absolute atomic E-state index is 13.5. The van der Waals surface area contributed by atoms with Gasteiger partial charge in [0, 0.05) is 37.4 Å². The van der Waals surface area contributed by atoms with Crippen molar-refractivity contribution in [3.63, 3.8) is 0 Å². The zero-order valence-electron chi connectivity index (χ0n) is 17.0. The molecule has 1 aromatic carbocycles. The van der Waals surface area contributed by atoms with Crippen molar-refractivity contribution < 1.29 is 4.39 Å². The van der Waals surface area contributed by atoms with Gasteiger partial charge < -0.3 is 10.6 Å². The molecule has 3 rings (SSSR count). The van der Waals surface area contributed by atoms with E-state index in [9.17, 15) is 4.39 Å². The van der Waals surface area contributed by atoms with Gasteiger partial charge in [-0.25, -0.2) is 19.4 Å². The van der Waals surface area contributed by atoms with Crippen LogP contribution < -0.4 is 10.6 Å². The Morgan fingerprint density at radius 3 is 2.73 bits per heavy atom. The quantitative estimate of drug-likeness (QED) is 0.256. The van der Waals surface area contributed by atoms with E-state index in [-0.39, 0.29) is 29.8 Å². The van der Waals surface area contributed by atoms with Gasteiger partial charge in [0.2, 0.25) is 0 Å². The van der Waals surface area contributed by atoms with E-state index in [0.717, 1.165) is 34.8 Å². The van der Waals surface area contributed by atoms with Crippen LogP contribution in [0.4, 0.5) is 4.39 Å². The molecule has 0 saturated heterocycles. The summed E-state index contributed by atoms with van der Waals surface area (Å²) in [5, 5.41) is 6.58. The molecule has 160 valence electrons. The van der Waals surface area contributed by atoms with Gasteiger partial charge in [-0.1, -0.05) is 12.1 Å². The largest absolute Gasteiger partial charge is 0.357 e. The zero-order valence-corrected chi connectivity index (χ0v) is 20.2. The van der Waals surface area contributed by atoms with Crippen LogP contribution in [-0.2, 0) is 18.8 Å². The number of aromatic nitrogens is 3. The van der Waals surface area contributed by atoms with Gasteiger partial charge in [-0.15, -0.1) is 24.0 Å². The number of hydrogen-bond donors (Lipinski definition) is 2. The third-order valence-electron chi connectivity index (χ3n) is 4.26. The summed E-state index contributed by atoms with van der Waals surface area (Å²) < 4.78 is 15.4. The van der Waals surface area contributed by atoms with Gasteiger partial charge in [0.05, 0.1) is 6.54 Å². The van der Waals surface area contributed by atoms with Crippen molar-refractivity contribution in [2.24, 2.45) is 4.99 Å². The summed E-state index contributed by atoms with van der Waals surface area (Å²) in [7, 11) is 0. The van der Waals surface area contributed by atoms with E-state index in [4.69, 9.17) is 0 Å². The lowest BCUT2D eigenvalue weighted by molar-refractivity contribution is 0.625. The van der Waals surface area contributed by atoms with Gasteiger partial charge >= 0.3 is 0 Å². The predicted molar refractivity (Wildman–Crippen MR) is 132 cm³/mol. The summed E-state index contributed by atoms with van der Waals surface area (Å²) in [6, 6.07) is 8.88. The number of nitrogens with one attached hydrogen (secondary N) is 2. The number of pyridine rings is 1. The molecular weight excluding hydrogens is 514 g/mol. The molecule has 0 atom stereocenters. The summed E-state index contributed by atoms with van der Waals surface area (Å²) in [6.45, 7) is 3.87. The third kappa shape index (κ3) is 6.98. The second-order valence-electron chi connectivity index (χ2n) is 6.39. The van der Waals surface area contributed by atoms with Crippen LogP contribution in [0.15, 0.2) is 60.2 Å². The Balaban J connectivity index is 0.00000320. The molecule has 0 aliphatic rings. The van der Waals surface area contributed by atoms with E-state index in [1.54, 1.807) is 30.4 Å². The molecule has 0 unspecified atom stereocenters. The van der Waals surface area contributed by atoms with E-state index in [0.29, 0.717) is 19.0 Å². The highest BCUT2D eigenvalue weighted by Crippen LogP contribution is 2.16. The minimum atomic E-state index is -0.204. The van der Waals surface area contributed by atoms with Gasteiger partial charge in [-0.3, -0.25) is 4.57 Å². The molecule has 0 spiro atoms. The minimum absolute atomic E-state index is 0. The fourth-order valence-corrected chi connectivity index (χ4v) is 3.39. The molecule has 0 amide bonds. The van der Waals surface area contributed by atoms with E-state index in [1.165, 1.54) is 6.07 Å². The van der Waals surface area contributed by atoms with Crippen molar-refractivity contribution in [1.82, 2.24) is 25.2 Å². The molecule has 0 aliphatic heterocycles. The number of halogens is 2. The van der Waals surface area contributed by atoms with E-state index in [2.05, 4.69) is 25.6 Å². The molecule has 2 N–H and O–H groups in total. The number of nitrogens with zero attached hydrogens (tertiary/aromatic N) is 4. The van der Waals surface area contributed by atoms with Crippen LogP contribution in [0.5, 0.6) is 0 Å². The second kappa shape index (κ2) is 12.5. The van der Waals surface area contributed by atoms with Gasteiger partial charge in [0.1, 0.15) is 18.0 Å². The molecule has 3 aromatic rings. The number of rotatable bonds is 8. The fourth-order valence-electron chi connectivity index (χ4n) is 2.81. The summed E-state index contributed by atoms with van der Waals surface area (Å²) in [6.07, 6.45) is 9.13. The average Bonchev–Trinajstić information content (AvgIpc) is 3.27. The summed E-state index contributed by atoms with van der Waals surface area (Å²) in [4.78, 5) is 13.1. The maximum Gasteiger partial charge on any atom is 0.191 e. The lowest BCUT2D eigenvalue weighted by Gasteiger charge is -2.14. The maximum atomic E-state index is 13.5. The molecule has 2 heterocycles. The summed E-state index contributed by atoms with van der Waals surface area (Å²) in [5.41, 5.74) is 3.08. The molecule has 6 nitrogen and oxygen atoms in total. The van der Waals surface area contributed by atoms with Crippen LogP contribution >= 0.6 is 35.7 Å². The Morgan fingerprint density at radius 2 is 2.07 bits per heavy atom. The number of benzene rings is 1. The van der Waals surface area contributed by atoms with Crippen molar-refractivity contribution in [3.05, 3.63) is 77.8 Å². The van der Waals surface area contributed by atoms with Crippen LogP contribution in [0, 0.1) is 5.82 Å². The Labute approximate surface area is 197 Å². The topological polar surface area (TPSA) is 67.1 Å². The molecule has 0 aliphatic carbocycles. The average molecular weight is 540 g/mol. The predicted octanol–water partition coefficient (Wildman–Crippen LogP) is 4.14. The van der Waals surface area contributed by atoms with Crippen LogP contribution in [0.2, 0.25) is 0 Å². The first kappa shape index (κ1) is 24.1. The molecule has 0 saturated carbocycles. The van der Waals surface area contributed by atoms with Gasteiger partial charge in [-0.2, -0.15) is 11.8 Å². The fraction of sp³-hybridized carbons (Fsp3) is 0.286. The van der Waals surface area contributed by atoms with Crippen LogP contribution in [0.25, 0.3) is 5.82 Å². The minimum Gasteiger partial charge on any atom is -0.357 e. The first-order valence-corrected chi connectivity index (χ1v) is 10.8. The standard InChI is InChI=1S/C21H25FN6S.HI/c1-3-24-21(27-13-17-5-6-19(22)10-18(17)14-29-2)26-12-16-4-7-20(25-11-16)28-9-8-23-15-28;/h4-11,15H,3,12-14H2,1-2H3,(H2,24,26,27);1H. The molecule has 2 aromatic heterocycles. The lowest BCUT2D eigenvalue weighted by atomic mass is 10.1. The van der Waals surface area contributed by atoms with E-state index < -0.39 is 0 Å². The molecule has 9 heteroatoms. The van der Waals surface area contributed by atoms with Crippen molar-refractivity contribution >= 4 is 41.7 Å². The Bertz CT molecular complexity index is 931. The van der Waals surface area contributed by atoms with Crippen molar-refractivity contribution in [2.75, 3.05) is 12.8 Å². The zero-order chi connectivity index (χ0) is 20.5. The number of aliphatic imine (C=N–C) groups is 1. The Hall–Kier alpha value is -2.14. The summed E-state index contributed by atoms with van der Waals surface area (Å²) in [5.74, 6) is 2.10. The normalized spacial score (nSPS) is 11.1. The highest BCUT2D eigenvalue weighted by molar-refractivity contribution is 14.0. The van der Waals surface area contributed by atoms with Crippen LogP contribution in [0.1, 0.15) is 23.6 Å². The van der Waals surface area contributed by atoms with Gasteiger partial charge in [-0.05, 0) is 48.1 Å². The number of thioether (sulfide) groups is 1. The lowest BCUT2D eigenvalue weighted by Crippen LogP contribution is -2.37. The first-order chi connectivity index (χ1) is 14.2. The molecule has 0 fully saturated rings. The van der Waals surface area contributed by atoms with E-state index in [1.807, 2.05) is 48.3 Å². The number of guanidine groups is 1. The molecule has 0 bridgehead atoms. The second-order valence-corrected chi connectivity index (χ2v) is 7.26. The Morgan fingerprint density at radius 1 is 1.20 bits per heavy atom. The van der Waals surface area contributed by atoms with Crippen molar-refractivity contribution in [1.29, 1.82) is 0 Å². The smallest absolute Gasteiger partial charge is 0.191 e. The monoisotopic (exact) mass is 540 g/mol. The van der Waals surface area contributed by atoms with Gasteiger partial charge in [0.15, 0.2) is 5.96 Å². The number of imidazole rings is 1. The molecule has 0 radical (unpaired) electrons. The molecule has 30 heavy (non-hydrogen) atoms. The van der Waals surface area contributed by atoms with Crippen LogP contribution in [0.3, 0.4) is 0 Å². The van der Waals surface area contributed by atoms with Gasteiger partial charge in [0.25, 0.3) is 0 Å². The number of hydrogen-bond acceptors (Lipinski definition) is 4. The van der Waals surface area contributed by atoms with Crippen molar-refractivity contribution in [3.8, 4) is 5.82 Å². The Kier molecular flexibility index (Phi) is 10.1.